The maximum absolute atomic E-state index is 12.6. The van der Waals surface area contributed by atoms with Gasteiger partial charge in [-0.1, -0.05) is 6.07 Å². The lowest BCUT2D eigenvalue weighted by Gasteiger charge is -2.34. The molecule has 2 aliphatic heterocycles. The second-order valence-corrected chi connectivity index (χ2v) is 6.47. The van der Waals surface area contributed by atoms with Gasteiger partial charge in [-0.05, 0) is 42.3 Å². The molecule has 0 aliphatic carbocycles. The highest BCUT2D eigenvalue weighted by Gasteiger charge is 2.23. The number of aryl methyl sites for hydroxylation is 1. The third kappa shape index (κ3) is 3.44. The van der Waals surface area contributed by atoms with E-state index >= 15 is 0 Å². The van der Waals surface area contributed by atoms with E-state index in [9.17, 15) is 4.79 Å². The Kier molecular flexibility index (Phi) is 4.28. The van der Waals surface area contributed by atoms with Gasteiger partial charge in [-0.25, -0.2) is 0 Å². The number of pyridine rings is 1. The van der Waals surface area contributed by atoms with Crippen molar-refractivity contribution in [3.8, 4) is 11.5 Å². The van der Waals surface area contributed by atoms with Crippen LogP contribution in [0.15, 0.2) is 36.5 Å². The number of ether oxygens (including phenoxy) is 2. The van der Waals surface area contributed by atoms with E-state index in [2.05, 4.69) is 16.0 Å². The molecule has 0 bridgehead atoms. The van der Waals surface area contributed by atoms with Crippen LogP contribution in [0.25, 0.3) is 0 Å². The quantitative estimate of drug-likeness (QED) is 0.857. The minimum Gasteiger partial charge on any atom is -0.454 e. The lowest BCUT2D eigenvalue weighted by atomic mass is 10.1. The van der Waals surface area contributed by atoms with Gasteiger partial charge in [0.25, 0.3) is 5.91 Å². The van der Waals surface area contributed by atoms with Crippen molar-refractivity contribution in [2.24, 2.45) is 0 Å². The van der Waals surface area contributed by atoms with Crippen LogP contribution in [-0.2, 0) is 6.54 Å². The molecule has 0 radical (unpaired) electrons. The summed E-state index contributed by atoms with van der Waals surface area (Å²) >= 11 is 0. The lowest BCUT2D eigenvalue weighted by Crippen LogP contribution is -2.48. The highest BCUT2D eigenvalue weighted by Crippen LogP contribution is 2.32. The van der Waals surface area contributed by atoms with Gasteiger partial charge >= 0.3 is 0 Å². The summed E-state index contributed by atoms with van der Waals surface area (Å²) in [5.74, 6) is 1.65. The minimum atomic E-state index is 0.0198. The fourth-order valence-corrected chi connectivity index (χ4v) is 3.22. The molecule has 1 fully saturated rings. The predicted octanol–water partition coefficient (Wildman–Crippen LogP) is 2.08. The van der Waals surface area contributed by atoms with E-state index in [-0.39, 0.29) is 5.91 Å². The first kappa shape index (κ1) is 15.9. The largest absolute Gasteiger partial charge is 0.454 e. The Hall–Kier alpha value is -2.60. The second-order valence-electron chi connectivity index (χ2n) is 6.47. The van der Waals surface area contributed by atoms with Crippen molar-refractivity contribution in [1.82, 2.24) is 14.8 Å². The van der Waals surface area contributed by atoms with Crippen molar-refractivity contribution in [3.63, 3.8) is 0 Å². The summed E-state index contributed by atoms with van der Waals surface area (Å²) < 4.78 is 10.8. The van der Waals surface area contributed by atoms with E-state index in [1.165, 1.54) is 5.56 Å². The standard InChI is InChI=1S/C19H21N3O3/c1-14-4-5-20-16(10-14)19(23)22-8-6-21(7-9-22)12-15-2-3-17-18(11-15)25-13-24-17/h2-5,10-11H,6-9,12-13H2,1H3. The first-order chi connectivity index (χ1) is 12.2. The molecule has 2 aromatic rings. The van der Waals surface area contributed by atoms with E-state index in [1.807, 2.05) is 36.1 Å². The van der Waals surface area contributed by atoms with Crippen molar-refractivity contribution >= 4 is 5.91 Å². The molecule has 1 amide bonds. The maximum atomic E-state index is 12.6. The van der Waals surface area contributed by atoms with Crippen molar-refractivity contribution in [3.05, 3.63) is 53.3 Å². The summed E-state index contributed by atoms with van der Waals surface area (Å²) in [5.41, 5.74) is 2.79. The van der Waals surface area contributed by atoms with Gasteiger partial charge in [0.1, 0.15) is 5.69 Å². The summed E-state index contributed by atoms with van der Waals surface area (Å²) in [6.07, 6.45) is 1.69. The van der Waals surface area contributed by atoms with Crippen LogP contribution in [0.4, 0.5) is 0 Å². The minimum absolute atomic E-state index is 0.0198. The molecule has 1 saturated heterocycles. The van der Waals surface area contributed by atoms with Crippen molar-refractivity contribution in [2.75, 3.05) is 33.0 Å². The van der Waals surface area contributed by atoms with Gasteiger partial charge in [0.2, 0.25) is 6.79 Å². The molecular weight excluding hydrogens is 318 g/mol. The Balaban J connectivity index is 1.34. The van der Waals surface area contributed by atoms with Crippen LogP contribution >= 0.6 is 0 Å². The summed E-state index contributed by atoms with van der Waals surface area (Å²) in [7, 11) is 0. The number of amides is 1. The molecule has 0 saturated carbocycles. The average Bonchev–Trinajstić information content (AvgIpc) is 3.09. The van der Waals surface area contributed by atoms with E-state index in [0.717, 1.165) is 49.8 Å². The van der Waals surface area contributed by atoms with Gasteiger partial charge in [-0.15, -0.1) is 0 Å². The molecule has 6 nitrogen and oxygen atoms in total. The lowest BCUT2D eigenvalue weighted by molar-refractivity contribution is 0.0622. The zero-order valence-electron chi connectivity index (χ0n) is 14.3. The number of aromatic nitrogens is 1. The van der Waals surface area contributed by atoms with E-state index in [0.29, 0.717) is 12.5 Å². The molecule has 0 N–H and O–H groups in total. The molecule has 1 aromatic heterocycles. The van der Waals surface area contributed by atoms with E-state index in [1.54, 1.807) is 6.20 Å². The van der Waals surface area contributed by atoms with Crippen LogP contribution in [0.5, 0.6) is 11.5 Å². The number of fused-ring (bicyclic) bond motifs is 1. The van der Waals surface area contributed by atoms with Gasteiger partial charge < -0.3 is 14.4 Å². The zero-order valence-corrected chi connectivity index (χ0v) is 14.3. The Morgan fingerprint density at radius 3 is 2.68 bits per heavy atom. The number of carbonyl (C=O) groups is 1. The van der Waals surface area contributed by atoms with Crippen LogP contribution in [0.3, 0.4) is 0 Å². The summed E-state index contributed by atoms with van der Waals surface area (Å²) in [6.45, 7) is 6.27. The fourth-order valence-electron chi connectivity index (χ4n) is 3.22. The van der Waals surface area contributed by atoms with Crippen LogP contribution in [0.2, 0.25) is 0 Å². The van der Waals surface area contributed by atoms with Gasteiger partial charge in [-0.2, -0.15) is 0 Å². The van der Waals surface area contributed by atoms with Crippen LogP contribution in [-0.4, -0.2) is 53.7 Å². The molecular formula is C19H21N3O3. The number of hydrogen-bond acceptors (Lipinski definition) is 5. The molecule has 4 rings (SSSR count). The van der Waals surface area contributed by atoms with Gasteiger partial charge in [0.05, 0.1) is 0 Å². The maximum Gasteiger partial charge on any atom is 0.272 e. The summed E-state index contributed by atoms with van der Waals surface area (Å²) in [6, 6.07) is 9.82. The number of nitrogens with zero attached hydrogens (tertiary/aromatic N) is 3. The zero-order chi connectivity index (χ0) is 17.2. The topological polar surface area (TPSA) is 54.9 Å². The molecule has 6 heteroatoms. The molecule has 2 aliphatic rings. The molecule has 0 unspecified atom stereocenters. The highest BCUT2D eigenvalue weighted by atomic mass is 16.7. The van der Waals surface area contributed by atoms with Crippen molar-refractivity contribution in [1.29, 1.82) is 0 Å². The van der Waals surface area contributed by atoms with Gasteiger partial charge in [0, 0.05) is 38.9 Å². The molecule has 0 spiro atoms. The van der Waals surface area contributed by atoms with E-state index < -0.39 is 0 Å². The van der Waals surface area contributed by atoms with Crippen molar-refractivity contribution in [2.45, 2.75) is 13.5 Å². The summed E-state index contributed by atoms with van der Waals surface area (Å²) in [5, 5.41) is 0. The molecule has 1 aromatic carbocycles. The second kappa shape index (κ2) is 6.72. The number of benzene rings is 1. The number of rotatable bonds is 3. The predicted molar refractivity (Wildman–Crippen MR) is 92.7 cm³/mol. The fraction of sp³-hybridized carbons (Fsp3) is 0.368. The number of piperazine rings is 1. The van der Waals surface area contributed by atoms with Crippen LogP contribution < -0.4 is 9.47 Å². The molecule has 25 heavy (non-hydrogen) atoms. The number of carbonyl (C=O) groups excluding carboxylic acids is 1. The smallest absolute Gasteiger partial charge is 0.272 e. The first-order valence-electron chi connectivity index (χ1n) is 8.52. The molecule has 130 valence electrons. The highest BCUT2D eigenvalue weighted by molar-refractivity contribution is 5.92. The van der Waals surface area contributed by atoms with Gasteiger partial charge in [0.15, 0.2) is 11.5 Å². The molecule has 0 atom stereocenters. The van der Waals surface area contributed by atoms with Crippen LogP contribution in [0, 0.1) is 6.92 Å². The Morgan fingerprint density at radius 1 is 1.08 bits per heavy atom. The molecule has 3 heterocycles. The van der Waals surface area contributed by atoms with Crippen molar-refractivity contribution < 1.29 is 14.3 Å². The van der Waals surface area contributed by atoms with Gasteiger partial charge in [-0.3, -0.25) is 14.7 Å². The third-order valence-corrected chi connectivity index (χ3v) is 4.64. The first-order valence-corrected chi connectivity index (χ1v) is 8.52. The Labute approximate surface area is 147 Å². The normalized spacial score (nSPS) is 16.9. The Bertz CT molecular complexity index is 785. The SMILES string of the molecule is Cc1ccnc(C(=O)N2CCN(Cc3ccc4c(c3)OCO4)CC2)c1. The summed E-state index contributed by atoms with van der Waals surface area (Å²) in [4.78, 5) is 21.0. The number of hydrogen-bond donors (Lipinski definition) is 0. The Morgan fingerprint density at radius 2 is 1.88 bits per heavy atom. The average molecular weight is 339 g/mol. The third-order valence-electron chi connectivity index (χ3n) is 4.64. The van der Waals surface area contributed by atoms with Crippen LogP contribution in [0.1, 0.15) is 21.6 Å². The van der Waals surface area contributed by atoms with E-state index in [4.69, 9.17) is 9.47 Å². The monoisotopic (exact) mass is 339 g/mol.